The van der Waals surface area contributed by atoms with Crippen LogP contribution in [-0.2, 0) is 4.74 Å². The number of methoxy groups -OCH3 is 1. The molecule has 2 rings (SSSR count). The molecule has 0 spiro atoms. The van der Waals surface area contributed by atoms with Crippen molar-refractivity contribution in [3.63, 3.8) is 0 Å². The molecule has 1 amide bonds. The normalized spacial score (nSPS) is 18.9. The van der Waals surface area contributed by atoms with Gasteiger partial charge in [0, 0.05) is 32.9 Å². The third-order valence-corrected chi connectivity index (χ3v) is 3.32. The van der Waals surface area contributed by atoms with E-state index in [0.29, 0.717) is 25.3 Å². The average Bonchev–Trinajstić information content (AvgIpc) is 2.47. The second kappa shape index (κ2) is 7.21. The Kier molecular flexibility index (Phi) is 5.31. The summed E-state index contributed by atoms with van der Waals surface area (Å²) in [6.45, 7) is 2.47. The number of aliphatic hydroxyl groups excluding tert-OH is 1. The molecule has 1 aromatic rings. The van der Waals surface area contributed by atoms with Crippen molar-refractivity contribution in [2.45, 2.75) is 18.9 Å². The van der Waals surface area contributed by atoms with Gasteiger partial charge in [0.1, 0.15) is 5.82 Å². The van der Waals surface area contributed by atoms with Gasteiger partial charge in [-0.05, 0) is 25.0 Å². The number of pyridine rings is 1. The molecule has 1 aliphatic rings. The highest BCUT2D eigenvalue weighted by Crippen LogP contribution is 2.17. The van der Waals surface area contributed by atoms with Crippen molar-refractivity contribution >= 4 is 11.7 Å². The highest BCUT2D eigenvalue weighted by Gasteiger charge is 2.18. The van der Waals surface area contributed by atoms with Crippen LogP contribution in [0.25, 0.3) is 0 Å². The Balaban J connectivity index is 1.93. The van der Waals surface area contributed by atoms with Crippen molar-refractivity contribution < 1.29 is 14.6 Å². The molecule has 6 heteroatoms. The second-order valence-corrected chi connectivity index (χ2v) is 4.90. The Hall–Kier alpha value is -1.66. The van der Waals surface area contributed by atoms with Gasteiger partial charge in [0.25, 0.3) is 5.91 Å². The number of ether oxygens (including phenoxy) is 1. The predicted octanol–water partition coefficient (Wildman–Crippen LogP) is 0.419. The molecule has 1 atom stereocenters. The molecule has 6 nitrogen and oxygen atoms in total. The molecule has 0 bridgehead atoms. The number of anilines is 1. The first-order valence-electron chi connectivity index (χ1n) is 6.87. The lowest BCUT2D eigenvalue weighted by atomic mass is 10.1. The molecule has 1 unspecified atom stereocenters. The molecule has 0 radical (unpaired) electrons. The number of hydrogen-bond donors (Lipinski definition) is 2. The average molecular weight is 279 g/mol. The summed E-state index contributed by atoms with van der Waals surface area (Å²) in [5.41, 5.74) is 0.530. The zero-order valence-corrected chi connectivity index (χ0v) is 11.7. The molecule has 0 aliphatic carbocycles. The molecule has 1 aromatic heterocycles. The van der Waals surface area contributed by atoms with E-state index in [9.17, 15) is 9.90 Å². The van der Waals surface area contributed by atoms with Gasteiger partial charge in [-0.25, -0.2) is 4.98 Å². The topological polar surface area (TPSA) is 74.7 Å². The Labute approximate surface area is 118 Å². The fourth-order valence-corrected chi connectivity index (χ4v) is 2.24. The first kappa shape index (κ1) is 14.7. The minimum Gasteiger partial charge on any atom is -0.391 e. The number of amides is 1. The molecule has 2 N–H and O–H groups in total. The lowest BCUT2D eigenvalue weighted by Crippen LogP contribution is -2.38. The number of piperidine rings is 1. The van der Waals surface area contributed by atoms with Gasteiger partial charge < -0.3 is 20.1 Å². The van der Waals surface area contributed by atoms with Crippen LogP contribution in [0.2, 0.25) is 0 Å². The largest absolute Gasteiger partial charge is 0.391 e. The summed E-state index contributed by atoms with van der Waals surface area (Å²) in [7, 11) is 1.59. The fourth-order valence-electron chi connectivity index (χ4n) is 2.24. The molecule has 2 heterocycles. The number of aromatic nitrogens is 1. The van der Waals surface area contributed by atoms with Crippen molar-refractivity contribution in [1.29, 1.82) is 0 Å². The summed E-state index contributed by atoms with van der Waals surface area (Å²) in [6.07, 6.45) is 3.08. The number of nitrogens with one attached hydrogen (secondary N) is 1. The smallest absolute Gasteiger partial charge is 0.252 e. The molecular weight excluding hydrogens is 258 g/mol. The van der Waals surface area contributed by atoms with Crippen LogP contribution in [0.5, 0.6) is 0 Å². The summed E-state index contributed by atoms with van der Waals surface area (Å²) in [5.74, 6) is 0.650. The van der Waals surface area contributed by atoms with Crippen molar-refractivity contribution in [1.82, 2.24) is 10.3 Å². The molecule has 1 saturated heterocycles. The second-order valence-electron chi connectivity index (χ2n) is 4.90. The maximum Gasteiger partial charge on any atom is 0.252 e. The molecule has 110 valence electrons. The number of aliphatic hydroxyl groups is 1. The van der Waals surface area contributed by atoms with Gasteiger partial charge in [-0.15, -0.1) is 0 Å². The molecule has 1 fully saturated rings. The third kappa shape index (κ3) is 3.91. The zero-order valence-electron chi connectivity index (χ0n) is 11.7. The predicted molar refractivity (Wildman–Crippen MR) is 75.9 cm³/mol. The zero-order chi connectivity index (χ0) is 14.4. The SMILES string of the molecule is COCCNC(=O)c1ccc(N2CCCC(O)C2)nc1. The standard InChI is InChI=1S/C14H21N3O3/c1-20-8-6-15-14(19)11-4-5-13(16-9-11)17-7-2-3-12(18)10-17/h4-5,9,12,18H,2-3,6-8,10H2,1H3,(H,15,19). The summed E-state index contributed by atoms with van der Waals surface area (Å²) < 4.78 is 4.88. The van der Waals surface area contributed by atoms with Gasteiger partial charge in [0.05, 0.1) is 18.3 Å². The lowest BCUT2D eigenvalue weighted by Gasteiger charge is -2.30. The van der Waals surface area contributed by atoms with E-state index in [1.165, 1.54) is 0 Å². The first-order valence-corrected chi connectivity index (χ1v) is 6.87. The van der Waals surface area contributed by atoms with E-state index in [4.69, 9.17) is 4.74 Å². The number of hydrogen-bond acceptors (Lipinski definition) is 5. The van der Waals surface area contributed by atoms with Crippen LogP contribution in [0.1, 0.15) is 23.2 Å². The highest BCUT2D eigenvalue weighted by atomic mass is 16.5. The van der Waals surface area contributed by atoms with E-state index in [1.54, 1.807) is 19.4 Å². The van der Waals surface area contributed by atoms with E-state index in [1.807, 2.05) is 11.0 Å². The summed E-state index contributed by atoms with van der Waals surface area (Å²) in [4.78, 5) is 18.2. The Morgan fingerprint density at radius 3 is 3.10 bits per heavy atom. The first-order chi connectivity index (χ1) is 9.70. The molecule has 1 aliphatic heterocycles. The highest BCUT2D eigenvalue weighted by molar-refractivity contribution is 5.94. The summed E-state index contributed by atoms with van der Waals surface area (Å²) in [5, 5.41) is 12.4. The van der Waals surface area contributed by atoms with Crippen LogP contribution in [0.3, 0.4) is 0 Å². The fraction of sp³-hybridized carbons (Fsp3) is 0.571. The van der Waals surface area contributed by atoms with Crippen molar-refractivity contribution in [3.05, 3.63) is 23.9 Å². The van der Waals surface area contributed by atoms with Crippen LogP contribution in [-0.4, -0.2) is 55.5 Å². The number of carbonyl (C=O) groups is 1. The molecule has 0 saturated carbocycles. The van der Waals surface area contributed by atoms with Crippen LogP contribution in [0.4, 0.5) is 5.82 Å². The number of carbonyl (C=O) groups excluding carboxylic acids is 1. The van der Waals surface area contributed by atoms with Crippen LogP contribution in [0, 0.1) is 0 Å². The lowest BCUT2D eigenvalue weighted by molar-refractivity contribution is 0.0936. The molecule has 0 aromatic carbocycles. The van der Waals surface area contributed by atoms with Gasteiger partial charge >= 0.3 is 0 Å². The van der Waals surface area contributed by atoms with Gasteiger partial charge in [-0.3, -0.25) is 4.79 Å². The van der Waals surface area contributed by atoms with E-state index in [-0.39, 0.29) is 12.0 Å². The molecule has 20 heavy (non-hydrogen) atoms. The van der Waals surface area contributed by atoms with Gasteiger partial charge in [0.2, 0.25) is 0 Å². The van der Waals surface area contributed by atoms with E-state index in [2.05, 4.69) is 10.3 Å². The maximum atomic E-state index is 11.8. The Morgan fingerprint density at radius 2 is 2.45 bits per heavy atom. The van der Waals surface area contributed by atoms with Crippen molar-refractivity contribution in [2.24, 2.45) is 0 Å². The number of rotatable bonds is 5. The monoisotopic (exact) mass is 279 g/mol. The number of β-amino-alcohol motifs (C(OH)–C–C–N with tert-alkyl or cyclic N) is 1. The third-order valence-electron chi connectivity index (χ3n) is 3.32. The van der Waals surface area contributed by atoms with E-state index < -0.39 is 0 Å². The van der Waals surface area contributed by atoms with Crippen LogP contribution in [0.15, 0.2) is 18.3 Å². The minimum atomic E-state index is -0.289. The van der Waals surface area contributed by atoms with Gasteiger partial charge in [-0.1, -0.05) is 0 Å². The van der Waals surface area contributed by atoms with Crippen LogP contribution >= 0.6 is 0 Å². The van der Waals surface area contributed by atoms with E-state index in [0.717, 1.165) is 25.2 Å². The maximum absolute atomic E-state index is 11.8. The summed E-state index contributed by atoms with van der Waals surface area (Å²) >= 11 is 0. The number of nitrogens with zero attached hydrogens (tertiary/aromatic N) is 2. The van der Waals surface area contributed by atoms with E-state index >= 15 is 0 Å². The minimum absolute atomic E-state index is 0.153. The Morgan fingerprint density at radius 1 is 1.60 bits per heavy atom. The summed E-state index contributed by atoms with van der Waals surface area (Å²) in [6, 6.07) is 3.58. The van der Waals surface area contributed by atoms with Crippen molar-refractivity contribution in [3.8, 4) is 0 Å². The van der Waals surface area contributed by atoms with Crippen LogP contribution < -0.4 is 10.2 Å². The van der Waals surface area contributed by atoms with Crippen molar-refractivity contribution in [2.75, 3.05) is 38.3 Å². The quantitative estimate of drug-likeness (QED) is 0.764. The Bertz CT molecular complexity index is 436. The van der Waals surface area contributed by atoms with Gasteiger partial charge in [-0.2, -0.15) is 0 Å². The van der Waals surface area contributed by atoms with Gasteiger partial charge in [0.15, 0.2) is 0 Å². The molecular formula is C14H21N3O3.